The molecule has 1 unspecified atom stereocenters. The molecule has 1 aromatic rings. The van der Waals surface area contributed by atoms with Gasteiger partial charge >= 0.3 is 0 Å². The number of aliphatic hydroxyl groups is 1. The average molecular weight is 297 g/mol. The van der Waals surface area contributed by atoms with Crippen LogP contribution in [0.5, 0.6) is 0 Å². The van der Waals surface area contributed by atoms with Crippen molar-refractivity contribution in [3.63, 3.8) is 0 Å². The van der Waals surface area contributed by atoms with Crippen LogP contribution in [0.15, 0.2) is 24.3 Å². The molecule has 1 heterocycles. The van der Waals surface area contributed by atoms with Gasteiger partial charge in [0.05, 0.1) is 6.10 Å². The molecule has 0 aliphatic carbocycles. The number of likely N-dealkylation sites (tertiary alicyclic amines) is 1. The van der Waals surface area contributed by atoms with Gasteiger partial charge in [-0.25, -0.2) is 0 Å². The Morgan fingerprint density at radius 3 is 2.60 bits per heavy atom. The summed E-state index contributed by atoms with van der Waals surface area (Å²) in [5, 5.41) is 13.8. The first-order chi connectivity index (χ1) is 9.65. The van der Waals surface area contributed by atoms with Crippen molar-refractivity contribution >= 4 is 11.6 Å². The van der Waals surface area contributed by atoms with Gasteiger partial charge in [0.15, 0.2) is 0 Å². The lowest BCUT2D eigenvalue weighted by molar-refractivity contribution is 0.0820. The van der Waals surface area contributed by atoms with Crippen molar-refractivity contribution in [2.75, 3.05) is 26.2 Å². The van der Waals surface area contributed by atoms with E-state index < -0.39 is 0 Å². The fraction of sp³-hybridized carbons (Fsp3) is 0.625. The summed E-state index contributed by atoms with van der Waals surface area (Å²) in [4.78, 5) is 2.45. The van der Waals surface area contributed by atoms with E-state index in [1.165, 1.54) is 5.56 Å². The van der Waals surface area contributed by atoms with Gasteiger partial charge in [0.1, 0.15) is 0 Å². The van der Waals surface area contributed by atoms with Gasteiger partial charge in [-0.15, -0.1) is 0 Å². The Labute approximate surface area is 126 Å². The lowest BCUT2D eigenvalue weighted by atomic mass is 10.1. The Kier molecular flexibility index (Phi) is 6.30. The second-order valence-corrected chi connectivity index (χ2v) is 6.09. The second kappa shape index (κ2) is 7.99. The van der Waals surface area contributed by atoms with E-state index in [0.29, 0.717) is 6.04 Å². The molecule has 0 aromatic heterocycles. The van der Waals surface area contributed by atoms with Gasteiger partial charge in [-0.3, -0.25) is 0 Å². The summed E-state index contributed by atoms with van der Waals surface area (Å²) in [5.41, 5.74) is 1.27. The average Bonchev–Trinajstić information content (AvgIpc) is 2.46. The summed E-state index contributed by atoms with van der Waals surface area (Å²) in [6.07, 6.45) is 2.92. The Balaban J connectivity index is 1.62. The number of halogens is 1. The van der Waals surface area contributed by atoms with Gasteiger partial charge in [-0.1, -0.05) is 23.7 Å². The molecule has 3 nitrogen and oxygen atoms in total. The van der Waals surface area contributed by atoms with Crippen LogP contribution in [0.4, 0.5) is 0 Å². The normalized spacial score (nSPS) is 19.1. The van der Waals surface area contributed by atoms with E-state index >= 15 is 0 Å². The zero-order valence-corrected chi connectivity index (χ0v) is 12.9. The Bertz CT molecular complexity index is 388. The lowest BCUT2D eigenvalue weighted by Gasteiger charge is -2.29. The first-order valence-electron chi connectivity index (χ1n) is 7.54. The molecule has 1 aliphatic rings. The number of hydrogen-bond acceptors (Lipinski definition) is 3. The van der Waals surface area contributed by atoms with Gasteiger partial charge in [0.25, 0.3) is 0 Å². The molecule has 1 atom stereocenters. The van der Waals surface area contributed by atoms with Crippen LogP contribution < -0.4 is 5.32 Å². The van der Waals surface area contributed by atoms with Crippen LogP contribution >= 0.6 is 11.6 Å². The molecular weight excluding hydrogens is 272 g/mol. The van der Waals surface area contributed by atoms with Crippen LogP contribution in [0.3, 0.4) is 0 Å². The SMILES string of the molecule is CC(NCCCN1CCC(O)CC1)c1ccc(Cl)cc1. The minimum Gasteiger partial charge on any atom is -0.393 e. The van der Waals surface area contributed by atoms with Crippen molar-refractivity contribution in [2.24, 2.45) is 0 Å². The number of aliphatic hydroxyl groups excluding tert-OH is 1. The highest BCUT2D eigenvalue weighted by molar-refractivity contribution is 6.30. The fourth-order valence-electron chi connectivity index (χ4n) is 2.63. The first-order valence-corrected chi connectivity index (χ1v) is 7.92. The summed E-state index contributed by atoms with van der Waals surface area (Å²) in [6.45, 7) is 6.39. The summed E-state index contributed by atoms with van der Waals surface area (Å²) in [5.74, 6) is 0. The predicted molar refractivity (Wildman–Crippen MR) is 84.2 cm³/mol. The molecule has 20 heavy (non-hydrogen) atoms. The van der Waals surface area contributed by atoms with E-state index in [1.807, 2.05) is 12.1 Å². The Hall–Kier alpha value is -0.610. The van der Waals surface area contributed by atoms with Crippen molar-refractivity contribution in [3.05, 3.63) is 34.9 Å². The number of nitrogens with zero attached hydrogens (tertiary/aromatic N) is 1. The molecule has 2 rings (SSSR count). The third-order valence-corrected chi connectivity index (χ3v) is 4.28. The van der Waals surface area contributed by atoms with E-state index in [2.05, 4.69) is 29.3 Å². The van der Waals surface area contributed by atoms with Gasteiger partial charge in [0, 0.05) is 24.2 Å². The fourth-order valence-corrected chi connectivity index (χ4v) is 2.76. The smallest absolute Gasteiger partial charge is 0.0564 e. The Morgan fingerprint density at radius 2 is 1.95 bits per heavy atom. The third-order valence-electron chi connectivity index (χ3n) is 4.03. The van der Waals surface area contributed by atoms with E-state index in [9.17, 15) is 5.11 Å². The van der Waals surface area contributed by atoms with Gasteiger partial charge < -0.3 is 15.3 Å². The van der Waals surface area contributed by atoms with Gasteiger partial charge in [0.2, 0.25) is 0 Å². The molecule has 0 bridgehead atoms. The molecule has 0 spiro atoms. The summed E-state index contributed by atoms with van der Waals surface area (Å²) < 4.78 is 0. The van der Waals surface area contributed by atoms with E-state index in [4.69, 9.17) is 11.6 Å². The van der Waals surface area contributed by atoms with Crippen LogP contribution in [-0.2, 0) is 0 Å². The Morgan fingerprint density at radius 1 is 1.30 bits per heavy atom. The van der Waals surface area contributed by atoms with Crippen molar-refractivity contribution in [1.82, 2.24) is 10.2 Å². The van der Waals surface area contributed by atoms with E-state index in [-0.39, 0.29) is 6.10 Å². The zero-order valence-electron chi connectivity index (χ0n) is 12.2. The molecule has 1 aromatic carbocycles. The third kappa shape index (κ3) is 5.06. The highest BCUT2D eigenvalue weighted by Gasteiger charge is 2.16. The highest BCUT2D eigenvalue weighted by Crippen LogP contribution is 2.16. The summed E-state index contributed by atoms with van der Waals surface area (Å²) in [6, 6.07) is 8.38. The monoisotopic (exact) mass is 296 g/mol. The molecule has 0 radical (unpaired) electrons. The lowest BCUT2D eigenvalue weighted by Crippen LogP contribution is -2.37. The van der Waals surface area contributed by atoms with Gasteiger partial charge in [-0.2, -0.15) is 0 Å². The quantitative estimate of drug-likeness (QED) is 0.793. The number of piperidine rings is 1. The predicted octanol–water partition coefficient (Wildman–Crippen LogP) is 2.84. The molecular formula is C16H25ClN2O. The maximum Gasteiger partial charge on any atom is 0.0564 e. The van der Waals surface area contributed by atoms with E-state index in [1.54, 1.807) is 0 Å². The van der Waals surface area contributed by atoms with Crippen LogP contribution in [0, 0.1) is 0 Å². The molecule has 1 fully saturated rings. The maximum absolute atomic E-state index is 9.47. The molecule has 112 valence electrons. The van der Waals surface area contributed by atoms with Crippen molar-refractivity contribution < 1.29 is 5.11 Å². The highest BCUT2D eigenvalue weighted by atomic mass is 35.5. The van der Waals surface area contributed by atoms with Crippen molar-refractivity contribution in [2.45, 2.75) is 38.3 Å². The molecule has 1 saturated heterocycles. The van der Waals surface area contributed by atoms with Crippen LogP contribution in [0.2, 0.25) is 5.02 Å². The second-order valence-electron chi connectivity index (χ2n) is 5.65. The minimum absolute atomic E-state index is 0.0747. The topological polar surface area (TPSA) is 35.5 Å². The molecule has 2 N–H and O–H groups in total. The first kappa shape index (κ1) is 15.8. The largest absolute Gasteiger partial charge is 0.393 e. The number of nitrogens with one attached hydrogen (secondary N) is 1. The molecule has 1 aliphatic heterocycles. The molecule has 0 saturated carbocycles. The van der Waals surface area contributed by atoms with Crippen molar-refractivity contribution in [3.8, 4) is 0 Å². The maximum atomic E-state index is 9.47. The summed E-state index contributed by atoms with van der Waals surface area (Å²) >= 11 is 5.90. The molecule has 4 heteroatoms. The zero-order chi connectivity index (χ0) is 14.4. The van der Waals surface area contributed by atoms with Crippen LogP contribution in [0.25, 0.3) is 0 Å². The minimum atomic E-state index is -0.0747. The number of hydrogen-bond donors (Lipinski definition) is 2. The summed E-state index contributed by atoms with van der Waals surface area (Å²) in [7, 11) is 0. The van der Waals surface area contributed by atoms with Crippen LogP contribution in [-0.4, -0.2) is 42.3 Å². The number of benzene rings is 1. The van der Waals surface area contributed by atoms with E-state index in [0.717, 1.165) is 50.5 Å². The van der Waals surface area contributed by atoms with Crippen molar-refractivity contribution in [1.29, 1.82) is 0 Å². The standard InChI is InChI=1S/C16H25ClN2O/c1-13(14-3-5-15(17)6-4-14)18-9-2-10-19-11-7-16(20)8-12-19/h3-6,13,16,18,20H,2,7-12H2,1H3. The van der Waals surface area contributed by atoms with Crippen LogP contribution in [0.1, 0.15) is 37.8 Å². The molecule has 0 amide bonds. The van der Waals surface area contributed by atoms with Gasteiger partial charge in [-0.05, 0) is 57.0 Å². The number of rotatable bonds is 6.